The minimum atomic E-state index is -0.441. The molecule has 8 heteroatoms. The Morgan fingerprint density at radius 3 is 2.68 bits per heavy atom. The monoisotopic (exact) mass is 385 g/mol. The topological polar surface area (TPSA) is 70.5 Å². The summed E-state index contributed by atoms with van der Waals surface area (Å²) >= 11 is 0. The van der Waals surface area contributed by atoms with E-state index in [1.54, 1.807) is 27.9 Å². The van der Waals surface area contributed by atoms with Crippen LogP contribution in [0, 0.1) is 11.7 Å². The number of hydrogen-bond donors (Lipinski definition) is 1. The minimum Gasteiger partial charge on any atom is -0.342 e. The molecule has 148 valence electrons. The van der Waals surface area contributed by atoms with Crippen molar-refractivity contribution in [1.82, 2.24) is 24.9 Å². The quantitative estimate of drug-likeness (QED) is 0.858. The summed E-state index contributed by atoms with van der Waals surface area (Å²) in [6, 6.07) is 5.28. The van der Waals surface area contributed by atoms with Gasteiger partial charge in [-0.15, -0.1) is 0 Å². The number of amides is 2. The molecule has 0 unspecified atom stereocenters. The van der Waals surface area contributed by atoms with Crippen LogP contribution in [0.3, 0.4) is 0 Å². The molecule has 7 nitrogen and oxygen atoms in total. The number of hydrogen-bond acceptors (Lipinski definition) is 4. The molecule has 0 radical (unpaired) electrons. The van der Waals surface area contributed by atoms with E-state index < -0.39 is 12.1 Å². The number of nitrogens with zero attached hydrogens (tertiary/aromatic N) is 4. The number of nitrogens with one attached hydrogen (secondary N) is 1. The lowest BCUT2D eigenvalue weighted by Crippen LogP contribution is -2.70. The lowest BCUT2D eigenvalue weighted by Gasteiger charge is -2.46. The van der Waals surface area contributed by atoms with Gasteiger partial charge < -0.3 is 10.2 Å². The van der Waals surface area contributed by atoms with Crippen molar-refractivity contribution in [2.75, 3.05) is 19.6 Å². The smallest absolute Gasteiger partial charge is 0.246 e. The van der Waals surface area contributed by atoms with E-state index >= 15 is 0 Å². The summed E-state index contributed by atoms with van der Waals surface area (Å²) in [5.74, 6) is -0.268. The third-order valence-corrected chi connectivity index (χ3v) is 5.41. The fraction of sp³-hybridized carbons (Fsp3) is 0.450. The van der Waals surface area contributed by atoms with Gasteiger partial charge in [0.15, 0.2) is 0 Å². The summed E-state index contributed by atoms with van der Waals surface area (Å²) in [7, 11) is 0. The van der Waals surface area contributed by atoms with Gasteiger partial charge in [-0.1, -0.05) is 13.8 Å². The summed E-state index contributed by atoms with van der Waals surface area (Å²) in [5, 5.41) is 7.22. The van der Waals surface area contributed by atoms with E-state index in [9.17, 15) is 14.0 Å². The molecule has 2 aromatic rings. The van der Waals surface area contributed by atoms with E-state index in [0.717, 1.165) is 11.3 Å². The average molecular weight is 385 g/mol. The Kier molecular flexibility index (Phi) is 4.89. The van der Waals surface area contributed by atoms with Crippen LogP contribution in [0.15, 0.2) is 36.7 Å². The maximum absolute atomic E-state index is 13.1. The molecule has 3 heterocycles. The molecular formula is C20H24FN5O2. The van der Waals surface area contributed by atoms with E-state index in [1.165, 1.54) is 12.1 Å². The molecule has 1 N–H and O–H groups in total. The highest BCUT2D eigenvalue weighted by Crippen LogP contribution is 2.21. The minimum absolute atomic E-state index is 0.0170. The molecule has 28 heavy (non-hydrogen) atoms. The zero-order valence-corrected chi connectivity index (χ0v) is 16.0. The van der Waals surface area contributed by atoms with Crippen molar-refractivity contribution in [2.45, 2.75) is 32.5 Å². The first-order chi connectivity index (χ1) is 13.4. The number of piperazine rings is 2. The zero-order valence-electron chi connectivity index (χ0n) is 16.0. The first kappa shape index (κ1) is 18.6. The maximum atomic E-state index is 13.1. The molecule has 2 aliphatic heterocycles. The predicted octanol–water partition coefficient (Wildman–Crippen LogP) is 1.18. The summed E-state index contributed by atoms with van der Waals surface area (Å²) in [4.78, 5) is 29.1. The largest absolute Gasteiger partial charge is 0.342 e. The van der Waals surface area contributed by atoms with Gasteiger partial charge in [-0.25, -0.2) is 9.07 Å². The first-order valence-electron chi connectivity index (χ1n) is 9.55. The van der Waals surface area contributed by atoms with Gasteiger partial charge >= 0.3 is 0 Å². The van der Waals surface area contributed by atoms with Crippen molar-refractivity contribution in [1.29, 1.82) is 0 Å². The number of fused-ring (bicyclic) bond motifs is 1. The Bertz CT molecular complexity index is 879. The fourth-order valence-electron chi connectivity index (χ4n) is 3.85. The van der Waals surface area contributed by atoms with Gasteiger partial charge in [0.2, 0.25) is 11.8 Å². The predicted molar refractivity (Wildman–Crippen MR) is 101 cm³/mol. The van der Waals surface area contributed by atoms with Crippen LogP contribution < -0.4 is 5.32 Å². The molecule has 2 amide bonds. The second-order valence-electron chi connectivity index (χ2n) is 7.78. The second-order valence-corrected chi connectivity index (χ2v) is 7.78. The number of benzene rings is 1. The normalized spacial score (nSPS) is 23.1. The van der Waals surface area contributed by atoms with Crippen molar-refractivity contribution >= 4 is 11.8 Å². The molecule has 2 aliphatic rings. The van der Waals surface area contributed by atoms with Gasteiger partial charge in [-0.05, 0) is 30.2 Å². The second kappa shape index (κ2) is 7.35. The van der Waals surface area contributed by atoms with E-state index in [0.29, 0.717) is 26.2 Å². The number of halogens is 1. The third-order valence-electron chi connectivity index (χ3n) is 5.41. The van der Waals surface area contributed by atoms with Crippen molar-refractivity contribution in [3.63, 3.8) is 0 Å². The zero-order chi connectivity index (χ0) is 19.8. The molecule has 1 aromatic carbocycles. The van der Waals surface area contributed by atoms with Gasteiger partial charge in [-0.3, -0.25) is 14.5 Å². The Balaban J connectivity index is 1.42. The van der Waals surface area contributed by atoms with Crippen LogP contribution in [0.5, 0.6) is 0 Å². The molecular weight excluding hydrogens is 361 g/mol. The standard InChI is InChI=1S/C20H24FN5O2/c1-13(2)18-20(28)25-8-7-24(12-17(25)19(27)23-18)10-14-9-22-26(11-14)16-5-3-15(21)4-6-16/h3-6,9,11,13,17-18H,7-8,10,12H2,1-2H3,(H,23,27)/t17-,18-/m1/s1. The van der Waals surface area contributed by atoms with Gasteiger partial charge in [0.1, 0.15) is 17.9 Å². The molecule has 2 atom stereocenters. The van der Waals surface area contributed by atoms with E-state index in [1.807, 2.05) is 20.0 Å². The lowest BCUT2D eigenvalue weighted by atomic mass is 9.96. The van der Waals surface area contributed by atoms with Crippen LogP contribution in [0.2, 0.25) is 0 Å². The Morgan fingerprint density at radius 2 is 1.96 bits per heavy atom. The Hall–Kier alpha value is -2.74. The highest BCUT2D eigenvalue weighted by molar-refractivity contribution is 5.97. The first-order valence-corrected chi connectivity index (χ1v) is 9.55. The molecule has 1 aromatic heterocycles. The van der Waals surface area contributed by atoms with Crippen LogP contribution in [0.25, 0.3) is 5.69 Å². The molecule has 0 saturated carbocycles. The van der Waals surface area contributed by atoms with E-state index in [-0.39, 0.29) is 23.5 Å². The fourth-order valence-corrected chi connectivity index (χ4v) is 3.85. The number of aromatic nitrogens is 2. The molecule has 2 fully saturated rings. The SMILES string of the molecule is CC(C)[C@H]1NC(=O)[C@H]2CN(Cc3cnn(-c4ccc(F)cc4)c3)CCN2C1=O. The van der Waals surface area contributed by atoms with Crippen LogP contribution >= 0.6 is 0 Å². The molecule has 0 aliphatic carbocycles. The summed E-state index contributed by atoms with van der Waals surface area (Å²) in [5.41, 5.74) is 1.79. The summed E-state index contributed by atoms with van der Waals surface area (Å²) in [6.07, 6.45) is 3.68. The number of carbonyl (C=O) groups excluding carboxylic acids is 2. The Labute approximate surface area is 163 Å². The van der Waals surface area contributed by atoms with Gasteiger partial charge in [0.25, 0.3) is 0 Å². The van der Waals surface area contributed by atoms with Crippen molar-refractivity contribution in [3.8, 4) is 5.69 Å². The van der Waals surface area contributed by atoms with Crippen LogP contribution in [-0.4, -0.2) is 63.1 Å². The van der Waals surface area contributed by atoms with Crippen molar-refractivity contribution < 1.29 is 14.0 Å². The number of carbonyl (C=O) groups is 2. The molecule has 2 saturated heterocycles. The van der Waals surface area contributed by atoms with Crippen LogP contribution in [-0.2, 0) is 16.1 Å². The van der Waals surface area contributed by atoms with Gasteiger partial charge in [0.05, 0.1) is 11.9 Å². The van der Waals surface area contributed by atoms with Crippen LogP contribution in [0.1, 0.15) is 19.4 Å². The van der Waals surface area contributed by atoms with Crippen LogP contribution in [0.4, 0.5) is 4.39 Å². The van der Waals surface area contributed by atoms with E-state index in [4.69, 9.17) is 0 Å². The van der Waals surface area contributed by atoms with E-state index in [2.05, 4.69) is 15.3 Å². The third kappa shape index (κ3) is 3.52. The maximum Gasteiger partial charge on any atom is 0.246 e. The van der Waals surface area contributed by atoms with Gasteiger partial charge in [0, 0.05) is 37.9 Å². The van der Waals surface area contributed by atoms with Crippen molar-refractivity contribution in [3.05, 3.63) is 48.0 Å². The molecule has 0 spiro atoms. The summed E-state index contributed by atoms with van der Waals surface area (Å²) in [6.45, 7) is 6.29. The Morgan fingerprint density at radius 1 is 1.21 bits per heavy atom. The highest BCUT2D eigenvalue weighted by atomic mass is 19.1. The average Bonchev–Trinajstić information content (AvgIpc) is 3.13. The number of rotatable bonds is 4. The lowest BCUT2D eigenvalue weighted by molar-refractivity contribution is -0.154. The highest BCUT2D eigenvalue weighted by Gasteiger charge is 2.44. The van der Waals surface area contributed by atoms with Gasteiger partial charge in [-0.2, -0.15) is 5.10 Å². The molecule has 0 bridgehead atoms. The molecule has 4 rings (SSSR count). The summed E-state index contributed by atoms with van der Waals surface area (Å²) < 4.78 is 14.8. The van der Waals surface area contributed by atoms with Crippen molar-refractivity contribution in [2.24, 2.45) is 5.92 Å².